The topological polar surface area (TPSA) is 113 Å². The number of pyridine rings is 1. The standard InChI is InChI=1S/C20H23ClN2O7S/c1-27-16-9-13(17(21)19(29-3)18(16)28-2)15(24)6-7-22-14-8-12(11-31(5,25)26)10-23-20(14)30-4/h6-10,22H,11H2,1-5H3/b7-6-. The molecule has 168 valence electrons. The summed E-state index contributed by atoms with van der Waals surface area (Å²) < 4.78 is 44.0. The molecule has 0 spiro atoms. The number of allylic oxidation sites excluding steroid dienone is 1. The number of carbonyl (C=O) groups excluding carboxylic acids is 1. The molecule has 0 saturated heterocycles. The minimum absolute atomic E-state index is 0.0733. The van der Waals surface area contributed by atoms with Crippen LogP contribution in [-0.4, -0.2) is 53.9 Å². The van der Waals surface area contributed by atoms with Crippen LogP contribution in [0, 0.1) is 0 Å². The van der Waals surface area contributed by atoms with Gasteiger partial charge in [-0.25, -0.2) is 13.4 Å². The summed E-state index contributed by atoms with van der Waals surface area (Å²) >= 11 is 6.32. The van der Waals surface area contributed by atoms with Crippen molar-refractivity contribution in [3.8, 4) is 23.1 Å². The van der Waals surface area contributed by atoms with E-state index in [0.717, 1.165) is 6.26 Å². The Hall–Kier alpha value is -2.98. The Bertz CT molecular complexity index is 1100. The van der Waals surface area contributed by atoms with Crippen LogP contribution >= 0.6 is 11.6 Å². The van der Waals surface area contributed by atoms with Crippen LogP contribution in [0.15, 0.2) is 30.6 Å². The van der Waals surface area contributed by atoms with E-state index in [1.54, 1.807) is 6.07 Å². The van der Waals surface area contributed by atoms with Gasteiger partial charge in [-0.15, -0.1) is 0 Å². The van der Waals surface area contributed by atoms with E-state index in [-0.39, 0.29) is 39.5 Å². The summed E-state index contributed by atoms with van der Waals surface area (Å²) in [4.78, 5) is 16.8. The Morgan fingerprint density at radius 3 is 2.32 bits per heavy atom. The Morgan fingerprint density at radius 1 is 1.10 bits per heavy atom. The highest BCUT2D eigenvalue weighted by Crippen LogP contribution is 2.44. The van der Waals surface area contributed by atoms with E-state index in [2.05, 4.69) is 10.3 Å². The Labute approximate surface area is 185 Å². The minimum atomic E-state index is -3.24. The molecule has 1 aromatic carbocycles. The molecule has 0 radical (unpaired) electrons. The molecule has 0 unspecified atom stereocenters. The molecule has 0 aliphatic rings. The van der Waals surface area contributed by atoms with Crippen molar-refractivity contribution in [1.29, 1.82) is 0 Å². The first-order chi connectivity index (χ1) is 14.6. The molecule has 1 aromatic heterocycles. The van der Waals surface area contributed by atoms with Gasteiger partial charge in [0.15, 0.2) is 27.1 Å². The summed E-state index contributed by atoms with van der Waals surface area (Å²) in [5, 5.41) is 2.95. The number of carbonyl (C=O) groups is 1. The van der Waals surface area contributed by atoms with Crippen LogP contribution in [0.2, 0.25) is 5.02 Å². The number of ether oxygens (including phenoxy) is 4. The monoisotopic (exact) mass is 470 g/mol. The molecule has 31 heavy (non-hydrogen) atoms. The minimum Gasteiger partial charge on any atom is -0.493 e. The zero-order valence-electron chi connectivity index (χ0n) is 17.7. The molecule has 0 saturated carbocycles. The average molecular weight is 471 g/mol. The summed E-state index contributed by atoms with van der Waals surface area (Å²) in [6, 6.07) is 3.03. The van der Waals surface area contributed by atoms with Crippen molar-refractivity contribution in [2.75, 3.05) is 40.0 Å². The quantitative estimate of drug-likeness (QED) is 0.413. The summed E-state index contributed by atoms with van der Waals surface area (Å²) in [6.07, 6.45) is 5.15. The number of nitrogens with one attached hydrogen (secondary N) is 1. The van der Waals surface area contributed by atoms with Gasteiger partial charge in [-0.05, 0) is 17.7 Å². The van der Waals surface area contributed by atoms with Crippen LogP contribution in [0.1, 0.15) is 15.9 Å². The maximum Gasteiger partial charge on any atom is 0.237 e. The van der Waals surface area contributed by atoms with Gasteiger partial charge < -0.3 is 24.3 Å². The molecule has 0 bridgehead atoms. The lowest BCUT2D eigenvalue weighted by atomic mass is 10.1. The number of hydrogen-bond donors (Lipinski definition) is 1. The smallest absolute Gasteiger partial charge is 0.237 e. The fourth-order valence-corrected chi connectivity index (χ4v) is 3.81. The molecule has 0 fully saturated rings. The van der Waals surface area contributed by atoms with Crippen LogP contribution < -0.4 is 24.3 Å². The zero-order valence-corrected chi connectivity index (χ0v) is 19.3. The Balaban J connectivity index is 2.31. The number of rotatable bonds is 10. The molecule has 9 nitrogen and oxygen atoms in total. The molecule has 1 heterocycles. The van der Waals surface area contributed by atoms with Crippen molar-refractivity contribution < 1.29 is 32.2 Å². The normalized spacial score (nSPS) is 11.3. The second-order valence-electron chi connectivity index (χ2n) is 6.32. The second kappa shape index (κ2) is 10.4. The van der Waals surface area contributed by atoms with E-state index >= 15 is 0 Å². The molecule has 0 aliphatic carbocycles. The lowest BCUT2D eigenvalue weighted by molar-refractivity contribution is 0.104. The van der Waals surface area contributed by atoms with Crippen LogP contribution in [0.4, 0.5) is 5.69 Å². The molecule has 11 heteroatoms. The lowest BCUT2D eigenvalue weighted by Gasteiger charge is -2.15. The lowest BCUT2D eigenvalue weighted by Crippen LogP contribution is -2.04. The van der Waals surface area contributed by atoms with Gasteiger partial charge in [-0.2, -0.15) is 0 Å². The van der Waals surface area contributed by atoms with E-state index in [0.29, 0.717) is 11.3 Å². The third-order valence-corrected chi connectivity index (χ3v) is 5.27. The van der Waals surface area contributed by atoms with Crippen molar-refractivity contribution in [3.63, 3.8) is 0 Å². The Kier molecular flexibility index (Phi) is 8.12. The summed E-state index contributed by atoms with van der Waals surface area (Å²) in [7, 11) is 2.45. The van der Waals surface area contributed by atoms with Gasteiger partial charge in [0, 0.05) is 30.3 Å². The molecule has 1 N–H and O–H groups in total. The summed E-state index contributed by atoms with van der Waals surface area (Å²) in [5.41, 5.74) is 1.01. The Morgan fingerprint density at radius 2 is 1.77 bits per heavy atom. The predicted octanol–water partition coefficient (Wildman–Crippen LogP) is 3.12. The fourth-order valence-electron chi connectivity index (χ4n) is 2.74. The van der Waals surface area contributed by atoms with Crippen LogP contribution in [0.25, 0.3) is 0 Å². The highest BCUT2D eigenvalue weighted by Gasteiger charge is 2.22. The predicted molar refractivity (Wildman–Crippen MR) is 118 cm³/mol. The first-order valence-electron chi connectivity index (χ1n) is 8.81. The molecular formula is C20H23ClN2O7S. The molecule has 0 atom stereocenters. The largest absolute Gasteiger partial charge is 0.493 e. The number of hydrogen-bond acceptors (Lipinski definition) is 9. The number of sulfone groups is 1. The number of methoxy groups -OCH3 is 4. The van der Waals surface area contributed by atoms with E-state index in [1.807, 2.05) is 0 Å². The van der Waals surface area contributed by atoms with Gasteiger partial charge in [0.25, 0.3) is 0 Å². The van der Waals surface area contributed by atoms with Crippen molar-refractivity contribution in [2.24, 2.45) is 0 Å². The number of nitrogens with zero attached hydrogens (tertiary/aromatic N) is 1. The van der Waals surface area contributed by atoms with Crippen molar-refractivity contribution in [1.82, 2.24) is 4.98 Å². The number of anilines is 1. The summed E-state index contributed by atoms with van der Waals surface area (Å²) in [6.45, 7) is 0. The highest BCUT2D eigenvalue weighted by atomic mass is 35.5. The zero-order chi connectivity index (χ0) is 23.2. The number of aromatic nitrogens is 1. The second-order valence-corrected chi connectivity index (χ2v) is 8.84. The molecule has 2 aromatic rings. The van der Waals surface area contributed by atoms with E-state index < -0.39 is 15.6 Å². The van der Waals surface area contributed by atoms with E-state index in [4.69, 9.17) is 30.5 Å². The molecular weight excluding hydrogens is 448 g/mol. The maximum absolute atomic E-state index is 12.7. The molecule has 2 rings (SSSR count). The third kappa shape index (κ3) is 6.02. The van der Waals surface area contributed by atoms with Crippen LogP contribution in [0.3, 0.4) is 0 Å². The van der Waals surface area contributed by atoms with Gasteiger partial charge in [0.1, 0.15) is 5.69 Å². The van der Waals surface area contributed by atoms with Gasteiger partial charge in [0.05, 0.1) is 39.2 Å². The van der Waals surface area contributed by atoms with E-state index in [9.17, 15) is 13.2 Å². The van der Waals surface area contributed by atoms with Crippen molar-refractivity contribution >= 4 is 32.9 Å². The van der Waals surface area contributed by atoms with Crippen LogP contribution in [-0.2, 0) is 15.6 Å². The summed E-state index contributed by atoms with van der Waals surface area (Å²) in [5.74, 6) is 0.353. The van der Waals surface area contributed by atoms with Gasteiger partial charge >= 0.3 is 0 Å². The highest BCUT2D eigenvalue weighted by molar-refractivity contribution is 7.89. The first-order valence-corrected chi connectivity index (χ1v) is 11.3. The van der Waals surface area contributed by atoms with Gasteiger partial charge in [-0.3, -0.25) is 4.79 Å². The molecule has 0 amide bonds. The van der Waals surface area contributed by atoms with Crippen molar-refractivity contribution in [2.45, 2.75) is 5.75 Å². The SMILES string of the molecule is COc1cc(C(=O)/C=C\Nc2cc(CS(C)(=O)=O)cnc2OC)c(Cl)c(OC)c1OC. The van der Waals surface area contributed by atoms with Gasteiger partial charge in [-0.1, -0.05) is 11.6 Å². The van der Waals surface area contributed by atoms with Gasteiger partial charge in [0.2, 0.25) is 11.6 Å². The first kappa shape index (κ1) is 24.3. The average Bonchev–Trinajstić information content (AvgIpc) is 2.72. The number of ketones is 1. The third-order valence-electron chi connectivity index (χ3n) is 4.04. The van der Waals surface area contributed by atoms with Crippen molar-refractivity contribution in [3.05, 3.63) is 46.8 Å². The van der Waals surface area contributed by atoms with Crippen LogP contribution in [0.5, 0.6) is 23.1 Å². The molecule has 0 aliphatic heterocycles. The number of halogens is 1. The number of benzene rings is 1. The van der Waals surface area contributed by atoms with E-state index in [1.165, 1.54) is 53.0 Å². The fraction of sp³-hybridized carbons (Fsp3) is 0.300. The maximum atomic E-state index is 12.7.